The van der Waals surface area contributed by atoms with Crippen LogP contribution in [0.1, 0.15) is 23.0 Å². The number of anilines is 4. The van der Waals surface area contributed by atoms with E-state index in [1.807, 2.05) is 19.9 Å². The van der Waals surface area contributed by atoms with Crippen LogP contribution in [0.5, 0.6) is 0 Å². The fraction of sp³-hybridized carbons (Fsp3) is 0.150. The molecular formula is C20H21N7O2. The predicted molar refractivity (Wildman–Crippen MR) is 111 cm³/mol. The Balaban J connectivity index is 1.90. The number of pyridine rings is 3. The number of carbonyl (C=O) groups excluding carboxylic acids is 2. The van der Waals surface area contributed by atoms with Crippen molar-refractivity contribution in [2.24, 2.45) is 0 Å². The van der Waals surface area contributed by atoms with E-state index in [2.05, 4.69) is 36.2 Å². The number of aryl methyl sites for hydroxylation is 1. The monoisotopic (exact) mass is 391 g/mol. The first kappa shape index (κ1) is 19.7. The second-order valence-corrected chi connectivity index (χ2v) is 6.11. The lowest BCUT2D eigenvalue weighted by Gasteiger charge is -2.14. The SMILES string of the molecule is CCNC(=O)Nc1cc(Nc2ccnc(C)c2)c(C(=O)Nc2cccnc2)cn1. The average molecular weight is 391 g/mol. The van der Waals surface area contributed by atoms with Gasteiger partial charge in [-0.15, -0.1) is 0 Å². The maximum Gasteiger partial charge on any atom is 0.320 e. The third-order valence-electron chi connectivity index (χ3n) is 3.82. The van der Waals surface area contributed by atoms with Crippen LogP contribution >= 0.6 is 0 Å². The average Bonchev–Trinajstić information content (AvgIpc) is 2.69. The van der Waals surface area contributed by atoms with Crippen molar-refractivity contribution in [3.63, 3.8) is 0 Å². The Morgan fingerprint density at radius 3 is 2.59 bits per heavy atom. The van der Waals surface area contributed by atoms with Gasteiger partial charge in [-0.1, -0.05) is 0 Å². The number of carbonyl (C=O) groups is 2. The molecule has 3 amide bonds. The molecule has 0 spiro atoms. The Bertz CT molecular complexity index is 1010. The summed E-state index contributed by atoms with van der Waals surface area (Å²) in [6.07, 6.45) is 6.25. The minimum absolute atomic E-state index is 0.308. The number of rotatable bonds is 6. The smallest absolute Gasteiger partial charge is 0.320 e. The third kappa shape index (κ3) is 5.48. The minimum atomic E-state index is -0.377. The molecule has 9 nitrogen and oxygen atoms in total. The van der Waals surface area contributed by atoms with Crippen molar-refractivity contribution >= 4 is 34.8 Å². The van der Waals surface area contributed by atoms with Crippen molar-refractivity contribution in [2.75, 3.05) is 22.5 Å². The van der Waals surface area contributed by atoms with Gasteiger partial charge in [-0.25, -0.2) is 9.78 Å². The van der Waals surface area contributed by atoms with E-state index < -0.39 is 0 Å². The molecule has 0 radical (unpaired) electrons. The molecule has 0 aliphatic carbocycles. The zero-order valence-electron chi connectivity index (χ0n) is 16.1. The van der Waals surface area contributed by atoms with Crippen molar-refractivity contribution < 1.29 is 9.59 Å². The zero-order valence-corrected chi connectivity index (χ0v) is 16.1. The van der Waals surface area contributed by atoms with Crippen LogP contribution in [-0.2, 0) is 0 Å². The topological polar surface area (TPSA) is 121 Å². The van der Waals surface area contributed by atoms with E-state index in [0.29, 0.717) is 29.3 Å². The molecule has 29 heavy (non-hydrogen) atoms. The highest BCUT2D eigenvalue weighted by Gasteiger charge is 2.15. The third-order valence-corrected chi connectivity index (χ3v) is 3.82. The first-order valence-electron chi connectivity index (χ1n) is 9.01. The summed E-state index contributed by atoms with van der Waals surface area (Å²) in [5.41, 5.74) is 2.94. The summed E-state index contributed by atoms with van der Waals surface area (Å²) in [4.78, 5) is 36.9. The van der Waals surface area contributed by atoms with Gasteiger partial charge in [-0.2, -0.15) is 0 Å². The molecule has 0 aliphatic rings. The van der Waals surface area contributed by atoms with Crippen LogP contribution in [0.3, 0.4) is 0 Å². The van der Waals surface area contributed by atoms with E-state index in [-0.39, 0.29) is 11.9 Å². The Labute approximate surface area is 168 Å². The maximum atomic E-state index is 12.8. The van der Waals surface area contributed by atoms with Crippen molar-refractivity contribution in [1.29, 1.82) is 0 Å². The summed E-state index contributed by atoms with van der Waals surface area (Å²) in [5, 5.41) is 11.3. The molecule has 148 valence electrons. The molecule has 0 unspecified atom stereocenters. The second kappa shape index (κ2) is 9.27. The number of urea groups is 1. The van der Waals surface area contributed by atoms with E-state index in [9.17, 15) is 9.59 Å². The number of nitrogens with zero attached hydrogens (tertiary/aromatic N) is 3. The lowest BCUT2D eigenvalue weighted by molar-refractivity contribution is 0.102. The number of amides is 3. The van der Waals surface area contributed by atoms with Crippen LogP contribution in [0.4, 0.5) is 27.7 Å². The van der Waals surface area contributed by atoms with Gasteiger partial charge in [0.25, 0.3) is 5.91 Å². The van der Waals surface area contributed by atoms with Crippen LogP contribution in [0.25, 0.3) is 0 Å². The highest BCUT2D eigenvalue weighted by atomic mass is 16.2. The quantitative estimate of drug-likeness (QED) is 0.511. The van der Waals surface area contributed by atoms with Gasteiger partial charge in [-0.05, 0) is 38.1 Å². The molecule has 3 aromatic rings. The van der Waals surface area contributed by atoms with E-state index >= 15 is 0 Å². The molecule has 0 fully saturated rings. The standard InChI is InChI=1S/C20H21N7O2/c1-3-22-20(29)27-18-10-17(25-14-6-8-23-13(2)9-14)16(12-24-18)19(28)26-15-5-4-7-21-11-15/h4-12H,3H2,1-2H3,(H,26,28)(H3,22,23,24,25,27,29). The number of aromatic nitrogens is 3. The van der Waals surface area contributed by atoms with Gasteiger partial charge < -0.3 is 16.0 Å². The van der Waals surface area contributed by atoms with Crippen LogP contribution in [0.2, 0.25) is 0 Å². The molecule has 0 aliphatic heterocycles. The van der Waals surface area contributed by atoms with Crippen LogP contribution in [0, 0.1) is 6.92 Å². The van der Waals surface area contributed by atoms with Gasteiger partial charge in [-0.3, -0.25) is 20.1 Å². The van der Waals surface area contributed by atoms with Crippen molar-refractivity contribution in [1.82, 2.24) is 20.3 Å². The molecule has 9 heteroatoms. The summed E-state index contributed by atoms with van der Waals surface area (Å²) in [6.45, 7) is 4.17. The fourth-order valence-electron chi connectivity index (χ4n) is 2.54. The molecule has 0 atom stereocenters. The van der Waals surface area contributed by atoms with E-state index in [1.165, 1.54) is 6.20 Å². The van der Waals surface area contributed by atoms with Gasteiger partial charge >= 0.3 is 6.03 Å². The Morgan fingerprint density at radius 2 is 1.86 bits per heavy atom. The normalized spacial score (nSPS) is 10.1. The van der Waals surface area contributed by atoms with Gasteiger partial charge in [0.1, 0.15) is 5.82 Å². The predicted octanol–water partition coefficient (Wildman–Crippen LogP) is 3.32. The number of hydrogen-bond acceptors (Lipinski definition) is 6. The van der Waals surface area contributed by atoms with Crippen LogP contribution < -0.4 is 21.3 Å². The molecule has 4 N–H and O–H groups in total. The van der Waals surface area contributed by atoms with Crippen molar-refractivity contribution in [3.05, 3.63) is 66.4 Å². The fourth-order valence-corrected chi connectivity index (χ4v) is 2.54. The van der Waals surface area contributed by atoms with E-state index in [0.717, 1.165) is 11.4 Å². The molecule has 0 saturated carbocycles. The zero-order chi connectivity index (χ0) is 20.6. The maximum absolute atomic E-state index is 12.8. The van der Waals surface area contributed by atoms with Crippen LogP contribution in [-0.4, -0.2) is 33.4 Å². The van der Waals surface area contributed by atoms with Crippen molar-refractivity contribution in [3.8, 4) is 0 Å². The van der Waals surface area contributed by atoms with Gasteiger partial charge in [0.05, 0.1) is 23.1 Å². The Morgan fingerprint density at radius 1 is 1.00 bits per heavy atom. The number of hydrogen-bond donors (Lipinski definition) is 4. The van der Waals surface area contributed by atoms with Crippen molar-refractivity contribution in [2.45, 2.75) is 13.8 Å². The molecule has 3 heterocycles. The first-order valence-corrected chi connectivity index (χ1v) is 9.01. The summed E-state index contributed by atoms with van der Waals surface area (Å²) in [5.74, 6) is -0.0505. The lowest BCUT2D eigenvalue weighted by Crippen LogP contribution is -2.28. The highest BCUT2D eigenvalue weighted by Crippen LogP contribution is 2.24. The van der Waals surface area contributed by atoms with Crippen LogP contribution in [0.15, 0.2) is 55.1 Å². The molecule has 0 bridgehead atoms. The van der Waals surface area contributed by atoms with Gasteiger partial charge in [0.15, 0.2) is 0 Å². The second-order valence-electron chi connectivity index (χ2n) is 6.11. The van der Waals surface area contributed by atoms with E-state index in [4.69, 9.17) is 0 Å². The lowest BCUT2D eigenvalue weighted by atomic mass is 10.2. The van der Waals surface area contributed by atoms with Gasteiger partial charge in [0, 0.05) is 42.6 Å². The minimum Gasteiger partial charge on any atom is -0.355 e. The molecule has 0 aromatic carbocycles. The van der Waals surface area contributed by atoms with Gasteiger partial charge in [0.2, 0.25) is 0 Å². The molecule has 3 aromatic heterocycles. The Hall–Kier alpha value is -4.01. The molecule has 3 rings (SSSR count). The first-order chi connectivity index (χ1) is 14.0. The summed E-state index contributed by atoms with van der Waals surface area (Å²) < 4.78 is 0. The molecular weight excluding hydrogens is 370 g/mol. The van der Waals surface area contributed by atoms with E-state index in [1.54, 1.807) is 42.9 Å². The summed E-state index contributed by atoms with van der Waals surface area (Å²) in [6, 6.07) is 8.32. The molecule has 0 saturated heterocycles. The summed E-state index contributed by atoms with van der Waals surface area (Å²) in [7, 11) is 0. The largest absolute Gasteiger partial charge is 0.355 e. The number of nitrogens with one attached hydrogen (secondary N) is 4. The highest BCUT2D eigenvalue weighted by molar-refractivity contribution is 6.08. The summed E-state index contributed by atoms with van der Waals surface area (Å²) >= 11 is 0. The Kier molecular flexibility index (Phi) is 6.31.